The quantitative estimate of drug-likeness (QED) is 0.188. The molecule has 0 saturated heterocycles. The van der Waals surface area contributed by atoms with E-state index in [0.717, 1.165) is 54.9 Å². The predicted molar refractivity (Wildman–Crippen MR) is 184 cm³/mol. The highest BCUT2D eigenvalue weighted by Gasteiger charge is 2.53. The Balaban J connectivity index is 0.00000255. The Hall–Kier alpha value is -3.99. The van der Waals surface area contributed by atoms with Gasteiger partial charge in [0.25, 0.3) is 0 Å². The van der Waals surface area contributed by atoms with Gasteiger partial charge in [-0.05, 0) is 72.6 Å². The average Bonchev–Trinajstić information content (AvgIpc) is 3.49. The molecule has 0 aromatic heterocycles. The maximum absolute atomic E-state index is 13.7. The highest BCUT2D eigenvalue weighted by atomic mass is 19.4. The van der Waals surface area contributed by atoms with Gasteiger partial charge in [0.05, 0.1) is 17.5 Å². The first-order chi connectivity index (χ1) is 22.6. The lowest BCUT2D eigenvalue weighted by Gasteiger charge is -2.42. The van der Waals surface area contributed by atoms with Crippen molar-refractivity contribution in [2.75, 3.05) is 11.9 Å². The van der Waals surface area contributed by atoms with Crippen LogP contribution >= 0.6 is 0 Å². The van der Waals surface area contributed by atoms with E-state index < -0.39 is 28.7 Å². The first kappa shape index (κ1) is 36.8. The third-order valence-electron chi connectivity index (χ3n) is 9.88. The summed E-state index contributed by atoms with van der Waals surface area (Å²) in [6.45, 7) is 11.4. The molecule has 256 valence electrons. The number of terminal acetylenes is 1. The van der Waals surface area contributed by atoms with E-state index in [4.69, 9.17) is 6.42 Å². The van der Waals surface area contributed by atoms with Gasteiger partial charge in [-0.15, -0.1) is 6.42 Å². The van der Waals surface area contributed by atoms with Crippen molar-refractivity contribution in [3.05, 3.63) is 101 Å². The van der Waals surface area contributed by atoms with Crippen molar-refractivity contribution in [1.82, 2.24) is 0 Å². The van der Waals surface area contributed by atoms with Crippen molar-refractivity contribution in [1.29, 1.82) is 0 Å². The number of nitrogens with zero attached hydrogens (tertiary/aromatic N) is 1. The van der Waals surface area contributed by atoms with Crippen LogP contribution in [0.4, 0.5) is 32.0 Å². The zero-order valence-electron chi connectivity index (χ0n) is 28.1. The Bertz CT molecular complexity index is 1650. The lowest BCUT2D eigenvalue weighted by Crippen LogP contribution is -2.36. The van der Waals surface area contributed by atoms with Gasteiger partial charge in [-0.25, -0.2) is 0 Å². The first-order valence-corrected chi connectivity index (χ1v) is 16.6. The standard InChI is InChI=1S/C38H38F6N2.C2H6/c1-5-27-18-19-32(21-33(27)37(39,40)41)46-25(2)36(4,31-12-7-6-8-13-31)22-26-10-9-11-30(20-26)28-14-16-29(17-15-28)34-23-35(3,24-45-34)38(42,43)44;1-2/h1,9-11,14-21,31,46H,2,6-8,12-13,22-24H2,3-4H3;1-2H3. The summed E-state index contributed by atoms with van der Waals surface area (Å²) in [6.07, 6.45) is 2.24. The molecular formula is C40H44F6N2. The highest BCUT2D eigenvalue weighted by Crippen LogP contribution is 2.47. The fourth-order valence-corrected chi connectivity index (χ4v) is 6.81. The molecule has 3 aromatic carbocycles. The minimum Gasteiger partial charge on any atom is -0.359 e. The Kier molecular flexibility index (Phi) is 11.2. The van der Waals surface area contributed by atoms with E-state index in [0.29, 0.717) is 23.4 Å². The highest BCUT2D eigenvalue weighted by molar-refractivity contribution is 6.02. The zero-order chi connectivity index (χ0) is 35.3. The summed E-state index contributed by atoms with van der Waals surface area (Å²) >= 11 is 0. The number of nitrogens with one attached hydrogen (secondary N) is 1. The molecule has 1 N–H and O–H groups in total. The second-order valence-corrected chi connectivity index (χ2v) is 13.2. The van der Waals surface area contributed by atoms with E-state index in [2.05, 4.69) is 35.8 Å². The number of alkyl halides is 6. The molecule has 0 spiro atoms. The Labute approximate surface area is 280 Å². The molecule has 5 rings (SSSR count). The minimum absolute atomic E-state index is 0.144. The first-order valence-electron chi connectivity index (χ1n) is 16.6. The number of allylic oxidation sites excluding steroid dienone is 1. The van der Waals surface area contributed by atoms with Crippen LogP contribution in [0.1, 0.15) is 88.5 Å². The number of hydrogen-bond donors (Lipinski definition) is 1. The van der Waals surface area contributed by atoms with E-state index in [9.17, 15) is 26.3 Å². The second kappa shape index (κ2) is 14.6. The topological polar surface area (TPSA) is 24.4 Å². The van der Waals surface area contributed by atoms with Crippen LogP contribution in [-0.4, -0.2) is 18.4 Å². The Morgan fingerprint density at radius 3 is 2.15 bits per heavy atom. The molecular weight excluding hydrogens is 622 g/mol. The number of rotatable bonds is 8. The third-order valence-corrected chi connectivity index (χ3v) is 9.88. The van der Waals surface area contributed by atoms with Gasteiger partial charge in [-0.3, -0.25) is 4.99 Å². The van der Waals surface area contributed by atoms with Crippen LogP contribution in [0, 0.1) is 29.1 Å². The molecule has 1 saturated carbocycles. The minimum atomic E-state index is -4.58. The van der Waals surface area contributed by atoms with Crippen molar-refractivity contribution in [2.45, 2.75) is 85.0 Å². The van der Waals surface area contributed by atoms with Crippen LogP contribution in [0.5, 0.6) is 0 Å². The van der Waals surface area contributed by atoms with E-state index in [1.54, 1.807) is 6.07 Å². The van der Waals surface area contributed by atoms with Crippen LogP contribution in [-0.2, 0) is 12.6 Å². The largest absolute Gasteiger partial charge is 0.417 e. The monoisotopic (exact) mass is 666 g/mol. The zero-order valence-corrected chi connectivity index (χ0v) is 28.1. The summed E-state index contributed by atoms with van der Waals surface area (Å²) in [7, 11) is 0. The lowest BCUT2D eigenvalue weighted by atomic mass is 9.65. The summed E-state index contributed by atoms with van der Waals surface area (Å²) < 4.78 is 81.7. The van der Waals surface area contributed by atoms with Gasteiger partial charge < -0.3 is 5.32 Å². The van der Waals surface area contributed by atoms with Crippen LogP contribution < -0.4 is 5.32 Å². The van der Waals surface area contributed by atoms with E-state index >= 15 is 0 Å². The lowest BCUT2D eigenvalue weighted by molar-refractivity contribution is -0.209. The van der Waals surface area contributed by atoms with Crippen LogP contribution in [0.2, 0.25) is 0 Å². The van der Waals surface area contributed by atoms with Crippen LogP contribution in [0.25, 0.3) is 11.1 Å². The average molecular weight is 667 g/mol. The molecule has 0 radical (unpaired) electrons. The van der Waals surface area contributed by atoms with Crippen LogP contribution in [0.15, 0.2) is 84.0 Å². The molecule has 0 bridgehead atoms. The van der Waals surface area contributed by atoms with Crippen molar-refractivity contribution in [2.24, 2.45) is 21.7 Å². The van der Waals surface area contributed by atoms with E-state index in [1.165, 1.54) is 13.0 Å². The molecule has 2 aliphatic rings. The molecule has 8 heteroatoms. The number of anilines is 1. The summed E-state index contributed by atoms with van der Waals surface area (Å²) in [5.41, 5.74) is 1.65. The van der Waals surface area contributed by atoms with Gasteiger partial charge in [-0.1, -0.05) is 101 Å². The van der Waals surface area contributed by atoms with Crippen molar-refractivity contribution in [3.63, 3.8) is 0 Å². The maximum atomic E-state index is 13.7. The molecule has 2 nitrogen and oxygen atoms in total. The van der Waals surface area contributed by atoms with Crippen molar-refractivity contribution in [3.8, 4) is 23.5 Å². The van der Waals surface area contributed by atoms with Gasteiger partial charge in [0, 0.05) is 34.5 Å². The van der Waals surface area contributed by atoms with Gasteiger partial charge >= 0.3 is 12.4 Å². The molecule has 1 aliphatic carbocycles. The molecule has 3 aromatic rings. The molecule has 1 fully saturated rings. The molecule has 1 heterocycles. The van der Waals surface area contributed by atoms with Gasteiger partial charge in [-0.2, -0.15) is 26.3 Å². The smallest absolute Gasteiger partial charge is 0.359 e. The summed E-state index contributed by atoms with van der Waals surface area (Å²) in [5.74, 6) is 2.41. The van der Waals surface area contributed by atoms with Crippen molar-refractivity contribution >= 4 is 11.4 Å². The Morgan fingerprint density at radius 1 is 0.917 bits per heavy atom. The van der Waals surface area contributed by atoms with Crippen LogP contribution in [0.3, 0.4) is 0 Å². The fraction of sp³-hybridized carbons (Fsp3) is 0.425. The van der Waals surface area contributed by atoms with Gasteiger partial charge in [0.15, 0.2) is 0 Å². The number of aliphatic imine (C=N–C) groups is 1. The Morgan fingerprint density at radius 2 is 1.56 bits per heavy atom. The van der Waals surface area contributed by atoms with Crippen molar-refractivity contribution < 1.29 is 26.3 Å². The van der Waals surface area contributed by atoms with Gasteiger partial charge in [0.1, 0.15) is 0 Å². The predicted octanol–water partition coefficient (Wildman–Crippen LogP) is 11.9. The summed E-state index contributed by atoms with van der Waals surface area (Å²) in [6, 6.07) is 19.5. The van der Waals surface area contributed by atoms with E-state index in [-0.39, 0.29) is 30.1 Å². The van der Waals surface area contributed by atoms with E-state index in [1.807, 2.05) is 56.3 Å². The van der Waals surface area contributed by atoms with Gasteiger partial charge in [0.2, 0.25) is 0 Å². The molecule has 48 heavy (non-hydrogen) atoms. The summed E-state index contributed by atoms with van der Waals surface area (Å²) in [5, 5.41) is 3.21. The molecule has 2 atom stereocenters. The summed E-state index contributed by atoms with van der Waals surface area (Å²) in [4.78, 5) is 4.22. The molecule has 1 aliphatic heterocycles. The maximum Gasteiger partial charge on any atom is 0.417 e. The SMILES string of the molecule is C#Cc1ccc(NC(=C)C(C)(Cc2cccc(-c3ccc(C4=NCC(C)(C(F)(F)F)C4)cc3)c2)C2CCCCC2)cc1C(F)(F)F.CC. The molecule has 0 amide bonds. The fourth-order valence-electron chi connectivity index (χ4n) is 6.81. The second-order valence-electron chi connectivity index (χ2n) is 13.2. The molecule has 2 unspecified atom stereocenters. The number of benzene rings is 3. The normalized spacial score (nSPS) is 19.7. The number of halogens is 6. The number of hydrogen-bond acceptors (Lipinski definition) is 2. The third kappa shape index (κ3) is 7.99.